The molecule has 2 aromatic carbocycles. The highest BCUT2D eigenvalue weighted by molar-refractivity contribution is 6.30. The minimum atomic E-state index is 0.0191. The third kappa shape index (κ3) is 4.49. The van der Waals surface area contributed by atoms with Crippen molar-refractivity contribution >= 4 is 28.9 Å². The SMILES string of the molecule is O=C(CCc1ccc(Cl)cc1)Nc1ccccc1N1CCOCC1. The van der Waals surface area contributed by atoms with Crippen LogP contribution in [0.2, 0.25) is 5.02 Å². The van der Waals surface area contributed by atoms with Crippen LogP contribution in [0.3, 0.4) is 0 Å². The summed E-state index contributed by atoms with van der Waals surface area (Å²) in [6.07, 6.45) is 1.14. The minimum Gasteiger partial charge on any atom is -0.378 e. The van der Waals surface area contributed by atoms with Crippen molar-refractivity contribution < 1.29 is 9.53 Å². The van der Waals surface area contributed by atoms with Gasteiger partial charge in [-0.15, -0.1) is 0 Å². The molecule has 0 unspecified atom stereocenters. The van der Waals surface area contributed by atoms with Gasteiger partial charge in [0.05, 0.1) is 24.6 Å². The molecule has 0 aromatic heterocycles. The van der Waals surface area contributed by atoms with E-state index in [2.05, 4.69) is 10.2 Å². The molecule has 0 aliphatic carbocycles. The number of hydrogen-bond acceptors (Lipinski definition) is 3. The monoisotopic (exact) mass is 344 g/mol. The summed E-state index contributed by atoms with van der Waals surface area (Å²) in [4.78, 5) is 14.6. The summed E-state index contributed by atoms with van der Waals surface area (Å²) >= 11 is 5.88. The number of nitrogens with one attached hydrogen (secondary N) is 1. The summed E-state index contributed by atoms with van der Waals surface area (Å²) in [5.74, 6) is 0.0191. The topological polar surface area (TPSA) is 41.6 Å². The Bertz CT molecular complexity index is 682. The molecule has 0 atom stereocenters. The number of rotatable bonds is 5. The Kier molecular flexibility index (Phi) is 5.72. The maximum absolute atomic E-state index is 12.3. The Balaban J connectivity index is 1.60. The van der Waals surface area contributed by atoms with Crippen LogP contribution in [0.25, 0.3) is 0 Å². The van der Waals surface area contributed by atoms with Crippen LogP contribution in [0.5, 0.6) is 0 Å². The van der Waals surface area contributed by atoms with Gasteiger partial charge < -0.3 is 15.0 Å². The van der Waals surface area contributed by atoms with Crippen molar-refractivity contribution in [1.82, 2.24) is 0 Å². The number of morpholine rings is 1. The van der Waals surface area contributed by atoms with Gasteiger partial charge in [-0.25, -0.2) is 0 Å². The van der Waals surface area contributed by atoms with Gasteiger partial charge in [0.2, 0.25) is 5.91 Å². The third-order valence-electron chi connectivity index (χ3n) is 4.08. The van der Waals surface area contributed by atoms with E-state index in [4.69, 9.17) is 16.3 Å². The second-order valence-electron chi connectivity index (χ2n) is 5.79. The van der Waals surface area contributed by atoms with Gasteiger partial charge in [0.15, 0.2) is 0 Å². The molecule has 2 aromatic rings. The van der Waals surface area contributed by atoms with E-state index in [0.29, 0.717) is 17.9 Å². The lowest BCUT2D eigenvalue weighted by atomic mass is 10.1. The molecule has 5 heteroatoms. The highest BCUT2D eigenvalue weighted by Gasteiger charge is 2.15. The number of carbonyl (C=O) groups is 1. The number of para-hydroxylation sites is 2. The first kappa shape index (κ1) is 16.8. The predicted molar refractivity (Wildman–Crippen MR) is 97.9 cm³/mol. The van der Waals surface area contributed by atoms with Gasteiger partial charge in [-0.1, -0.05) is 35.9 Å². The molecule has 1 N–H and O–H groups in total. The zero-order valence-electron chi connectivity index (χ0n) is 13.5. The van der Waals surface area contributed by atoms with Crippen LogP contribution < -0.4 is 10.2 Å². The normalized spacial score (nSPS) is 14.5. The Morgan fingerprint density at radius 2 is 1.79 bits per heavy atom. The number of amides is 1. The summed E-state index contributed by atoms with van der Waals surface area (Å²) in [5, 5.41) is 3.75. The molecule has 1 fully saturated rings. The van der Waals surface area contributed by atoms with Crippen molar-refractivity contribution in [2.75, 3.05) is 36.5 Å². The fraction of sp³-hybridized carbons (Fsp3) is 0.316. The molecule has 1 heterocycles. The highest BCUT2D eigenvalue weighted by Crippen LogP contribution is 2.26. The van der Waals surface area contributed by atoms with Crippen LogP contribution in [-0.4, -0.2) is 32.2 Å². The zero-order chi connectivity index (χ0) is 16.8. The number of carbonyl (C=O) groups excluding carboxylic acids is 1. The van der Waals surface area contributed by atoms with E-state index < -0.39 is 0 Å². The maximum Gasteiger partial charge on any atom is 0.224 e. The quantitative estimate of drug-likeness (QED) is 0.898. The molecule has 24 heavy (non-hydrogen) atoms. The molecule has 126 valence electrons. The summed E-state index contributed by atoms with van der Waals surface area (Å²) in [5.41, 5.74) is 3.03. The van der Waals surface area contributed by atoms with Crippen molar-refractivity contribution in [3.05, 3.63) is 59.1 Å². The molecule has 0 bridgehead atoms. The van der Waals surface area contributed by atoms with Crippen LogP contribution in [0.15, 0.2) is 48.5 Å². The molecule has 1 amide bonds. The van der Waals surface area contributed by atoms with E-state index >= 15 is 0 Å². The molecule has 1 aliphatic heterocycles. The van der Waals surface area contributed by atoms with E-state index in [0.717, 1.165) is 43.2 Å². The molecule has 1 saturated heterocycles. The van der Waals surface area contributed by atoms with Gasteiger partial charge in [0.25, 0.3) is 0 Å². The van der Waals surface area contributed by atoms with Crippen LogP contribution in [0.1, 0.15) is 12.0 Å². The van der Waals surface area contributed by atoms with Gasteiger partial charge in [-0.05, 0) is 36.2 Å². The number of benzene rings is 2. The van der Waals surface area contributed by atoms with Gasteiger partial charge in [-0.3, -0.25) is 4.79 Å². The van der Waals surface area contributed by atoms with Crippen molar-refractivity contribution in [1.29, 1.82) is 0 Å². The maximum atomic E-state index is 12.3. The molecular weight excluding hydrogens is 324 g/mol. The first-order valence-electron chi connectivity index (χ1n) is 8.18. The van der Waals surface area contributed by atoms with Crippen LogP contribution in [0, 0.1) is 0 Å². The second kappa shape index (κ2) is 8.18. The molecule has 4 nitrogen and oxygen atoms in total. The van der Waals surface area contributed by atoms with E-state index in [1.54, 1.807) is 0 Å². The standard InChI is InChI=1S/C19H21ClN2O2/c20-16-8-5-15(6-9-16)7-10-19(23)21-17-3-1-2-4-18(17)22-11-13-24-14-12-22/h1-6,8-9H,7,10-14H2,(H,21,23). The number of hydrogen-bond donors (Lipinski definition) is 1. The average Bonchev–Trinajstić information content (AvgIpc) is 2.62. The lowest BCUT2D eigenvalue weighted by Gasteiger charge is -2.30. The molecule has 1 aliphatic rings. The van der Waals surface area contributed by atoms with E-state index in [-0.39, 0.29) is 5.91 Å². The van der Waals surface area contributed by atoms with Gasteiger partial charge in [0, 0.05) is 24.5 Å². The lowest BCUT2D eigenvalue weighted by molar-refractivity contribution is -0.116. The fourth-order valence-corrected chi connectivity index (χ4v) is 2.91. The summed E-state index contributed by atoms with van der Waals surface area (Å²) in [6.45, 7) is 3.13. The van der Waals surface area contributed by atoms with E-state index in [1.807, 2.05) is 48.5 Å². The predicted octanol–water partition coefficient (Wildman–Crippen LogP) is 3.75. The third-order valence-corrected chi connectivity index (χ3v) is 4.34. The fourth-order valence-electron chi connectivity index (χ4n) is 2.78. The minimum absolute atomic E-state index is 0.0191. The summed E-state index contributed by atoms with van der Waals surface area (Å²) < 4.78 is 5.40. The number of halogens is 1. The molecule has 0 saturated carbocycles. The number of nitrogens with zero attached hydrogens (tertiary/aromatic N) is 1. The first-order valence-corrected chi connectivity index (χ1v) is 8.56. The molecular formula is C19H21ClN2O2. The lowest BCUT2D eigenvalue weighted by Crippen LogP contribution is -2.36. The van der Waals surface area contributed by atoms with Gasteiger partial charge >= 0.3 is 0 Å². The smallest absolute Gasteiger partial charge is 0.224 e. The van der Waals surface area contributed by atoms with Crippen molar-refractivity contribution in [2.24, 2.45) is 0 Å². The van der Waals surface area contributed by atoms with Crippen LogP contribution in [0.4, 0.5) is 11.4 Å². The molecule has 0 radical (unpaired) electrons. The Hall–Kier alpha value is -2.04. The number of ether oxygens (including phenoxy) is 1. The Morgan fingerprint density at radius 3 is 2.54 bits per heavy atom. The van der Waals surface area contributed by atoms with E-state index in [9.17, 15) is 4.79 Å². The van der Waals surface area contributed by atoms with Crippen molar-refractivity contribution in [3.8, 4) is 0 Å². The molecule has 3 rings (SSSR count). The van der Waals surface area contributed by atoms with Crippen molar-refractivity contribution in [2.45, 2.75) is 12.8 Å². The Labute approximate surface area is 147 Å². The number of aryl methyl sites for hydroxylation is 1. The van der Waals surface area contributed by atoms with Crippen LogP contribution in [-0.2, 0) is 16.0 Å². The highest BCUT2D eigenvalue weighted by atomic mass is 35.5. The average molecular weight is 345 g/mol. The molecule has 0 spiro atoms. The first-order chi connectivity index (χ1) is 11.7. The number of anilines is 2. The second-order valence-corrected chi connectivity index (χ2v) is 6.23. The summed E-state index contributed by atoms with van der Waals surface area (Å²) in [7, 11) is 0. The zero-order valence-corrected chi connectivity index (χ0v) is 14.3. The summed E-state index contributed by atoms with van der Waals surface area (Å²) in [6, 6.07) is 15.5. The largest absolute Gasteiger partial charge is 0.378 e. The van der Waals surface area contributed by atoms with Gasteiger partial charge in [0.1, 0.15) is 0 Å². The van der Waals surface area contributed by atoms with Crippen LogP contribution >= 0.6 is 11.6 Å². The Morgan fingerprint density at radius 1 is 1.08 bits per heavy atom. The van der Waals surface area contributed by atoms with Gasteiger partial charge in [-0.2, -0.15) is 0 Å². The van der Waals surface area contributed by atoms with Crippen molar-refractivity contribution in [3.63, 3.8) is 0 Å². The van der Waals surface area contributed by atoms with E-state index in [1.165, 1.54) is 0 Å².